The summed E-state index contributed by atoms with van der Waals surface area (Å²) in [5, 5.41) is 4.29. The van der Waals surface area contributed by atoms with E-state index in [4.69, 9.17) is 0 Å². The Labute approximate surface area is 139 Å². The lowest BCUT2D eigenvalue weighted by Gasteiger charge is -2.36. The van der Waals surface area contributed by atoms with Gasteiger partial charge in [-0.2, -0.15) is 11.8 Å². The van der Waals surface area contributed by atoms with E-state index in [2.05, 4.69) is 40.8 Å². The van der Waals surface area contributed by atoms with Gasteiger partial charge in [0.25, 0.3) is 0 Å². The first-order chi connectivity index (χ1) is 8.70. The van der Waals surface area contributed by atoms with E-state index in [0.717, 1.165) is 42.7 Å². The third-order valence-corrected chi connectivity index (χ3v) is 5.42. The smallest absolute Gasteiger partial charge is 0.193 e. The van der Waals surface area contributed by atoms with Gasteiger partial charge in [-0.15, -0.1) is 24.0 Å². The minimum atomic E-state index is 0. The van der Waals surface area contributed by atoms with Crippen LogP contribution in [0.4, 0.5) is 0 Å². The number of guanidine groups is 1. The average Bonchev–Trinajstić information content (AvgIpc) is 3.19. The molecule has 0 aromatic carbocycles. The topological polar surface area (TPSA) is 27.6 Å². The third-order valence-electron chi connectivity index (χ3n) is 3.88. The average molecular weight is 397 g/mol. The molecule has 1 unspecified atom stereocenters. The fraction of sp³-hybridized carbons (Fsp3) is 0.929. The summed E-state index contributed by atoms with van der Waals surface area (Å²) in [5.41, 5.74) is 0. The van der Waals surface area contributed by atoms with Crippen LogP contribution in [0.5, 0.6) is 0 Å². The van der Waals surface area contributed by atoms with E-state index in [-0.39, 0.29) is 24.0 Å². The van der Waals surface area contributed by atoms with Crippen molar-refractivity contribution in [2.45, 2.75) is 38.4 Å². The minimum absolute atomic E-state index is 0. The maximum atomic E-state index is 4.44. The van der Waals surface area contributed by atoms with Crippen molar-refractivity contribution in [3.63, 3.8) is 0 Å². The van der Waals surface area contributed by atoms with E-state index in [1.807, 2.05) is 7.05 Å². The van der Waals surface area contributed by atoms with Gasteiger partial charge >= 0.3 is 0 Å². The Morgan fingerprint density at radius 2 is 2.16 bits per heavy atom. The molecule has 5 heteroatoms. The van der Waals surface area contributed by atoms with Crippen LogP contribution >= 0.6 is 35.7 Å². The van der Waals surface area contributed by atoms with Crippen LogP contribution in [0, 0.1) is 11.8 Å². The van der Waals surface area contributed by atoms with E-state index in [1.54, 1.807) is 0 Å². The second-order valence-corrected chi connectivity index (χ2v) is 7.15. The zero-order valence-corrected chi connectivity index (χ0v) is 15.5. The fourth-order valence-corrected chi connectivity index (χ4v) is 3.70. The molecule has 0 spiro atoms. The van der Waals surface area contributed by atoms with Crippen molar-refractivity contribution in [1.29, 1.82) is 0 Å². The molecule has 2 aliphatic rings. The first-order valence-corrected chi connectivity index (χ1v) is 8.32. The van der Waals surface area contributed by atoms with Gasteiger partial charge in [0.1, 0.15) is 0 Å². The second-order valence-electron chi connectivity index (χ2n) is 5.81. The normalized spacial score (nSPS) is 24.3. The molecule has 1 saturated carbocycles. The Morgan fingerprint density at radius 3 is 2.74 bits per heavy atom. The Hall–Kier alpha value is 0.350. The Kier molecular flexibility index (Phi) is 7.87. The number of nitrogens with one attached hydrogen (secondary N) is 1. The second kappa shape index (κ2) is 8.60. The maximum absolute atomic E-state index is 4.44. The number of nitrogens with zero attached hydrogens (tertiary/aromatic N) is 2. The largest absolute Gasteiger partial charge is 0.356 e. The maximum Gasteiger partial charge on any atom is 0.193 e. The van der Waals surface area contributed by atoms with Crippen LogP contribution in [-0.4, -0.2) is 48.5 Å². The lowest BCUT2D eigenvalue weighted by Crippen LogP contribution is -2.49. The molecule has 1 aliphatic carbocycles. The van der Waals surface area contributed by atoms with E-state index in [0.29, 0.717) is 0 Å². The van der Waals surface area contributed by atoms with Crippen molar-refractivity contribution in [1.82, 2.24) is 10.2 Å². The van der Waals surface area contributed by atoms with Gasteiger partial charge < -0.3 is 10.2 Å². The molecule has 1 saturated heterocycles. The molecule has 0 amide bonds. The van der Waals surface area contributed by atoms with Crippen LogP contribution in [0.15, 0.2) is 4.99 Å². The van der Waals surface area contributed by atoms with Gasteiger partial charge in [-0.05, 0) is 18.3 Å². The molecule has 3 nitrogen and oxygen atoms in total. The predicted octanol–water partition coefficient (Wildman–Crippen LogP) is 3.05. The first kappa shape index (κ1) is 17.4. The highest BCUT2D eigenvalue weighted by atomic mass is 127. The summed E-state index contributed by atoms with van der Waals surface area (Å²) in [6, 6.07) is 0. The van der Waals surface area contributed by atoms with Crippen LogP contribution in [0.1, 0.15) is 33.1 Å². The molecular weight excluding hydrogens is 369 g/mol. The van der Waals surface area contributed by atoms with Crippen molar-refractivity contribution >= 4 is 41.7 Å². The van der Waals surface area contributed by atoms with Gasteiger partial charge in [0.2, 0.25) is 0 Å². The van der Waals surface area contributed by atoms with E-state index < -0.39 is 0 Å². The lowest BCUT2D eigenvalue weighted by atomic mass is 10.1. The van der Waals surface area contributed by atoms with E-state index in [1.165, 1.54) is 25.0 Å². The summed E-state index contributed by atoms with van der Waals surface area (Å²) in [5.74, 6) is 4.09. The van der Waals surface area contributed by atoms with Crippen LogP contribution in [0.2, 0.25) is 0 Å². The molecule has 2 fully saturated rings. The quantitative estimate of drug-likeness (QED) is 0.449. The van der Waals surface area contributed by atoms with Gasteiger partial charge in [-0.3, -0.25) is 4.99 Å². The number of halogens is 1. The van der Waals surface area contributed by atoms with Gasteiger partial charge in [0, 0.05) is 37.7 Å². The molecule has 19 heavy (non-hydrogen) atoms. The van der Waals surface area contributed by atoms with Crippen molar-refractivity contribution in [3.05, 3.63) is 0 Å². The summed E-state index contributed by atoms with van der Waals surface area (Å²) in [6.45, 7) is 8.02. The molecular formula is C14H28IN3S. The summed E-state index contributed by atoms with van der Waals surface area (Å²) in [7, 11) is 1.91. The van der Waals surface area contributed by atoms with Crippen LogP contribution < -0.4 is 5.32 Å². The molecule has 1 N–H and O–H groups in total. The van der Waals surface area contributed by atoms with Gasteiger partial charge in [-0.25, -0.2) is 0 Å². The molecule has 112 valence electrons. The first-order valence-electron chi connectivity index (χ1n) is 7.28. The molecule has 2 rings (SSSR count). The fourth-order valence-electron chi connectivity index (χ4n) is 2.40. The summed E-state index contributed by atoms with van der Waals surface area (Å²) >= 11 is 2.12. The van der Waals surface area contributed by atoms with Gasteiger partial charge in [0.15, 0.2) is 5.96 Å². The Morgan fingerprint density at radius 1 is 1.42 bits per heavy atom. The molecule has 0 bridgehead atoms. The summed E-state index contributed by atoms with van der Waals surface area (Å²) in [4.78, 5) is 6.88. The van der Waals surface area contributed by atoms with E-state index in [9.17, 15) is 0 Å². The molecule has 1 atom stereocenters. The zero-order chi connectivity index (χ0) is 13.0. The minimum Gasteiger partial charge on any atom is -0.356 e. The van der Waals surface area contributed by atoms with Crippen LogP contribution in [0.25, 0.3) is 0 Å². The molecule has 1 heterocycles. The van der Waals surface area contributed by atoms with Gasteiger partial charge in [0.05, 0.1) is 0 Å². The Bertz CT molecular complexity index is 292. The van der Waals surface area contributed by atoms with Gasteiger partial charge in [-0.1, -0.05) is 26.7 Å². The SMILES string of the molecule is CN=C(NCCC1CC1)N1CCSC(C(C)C)C1.I. The molecule has 0 aromatic heterocycles. The number of hydrogen-bond donors (Lipinski definition) is 1. The molecule has 1 aliphatic heterocycles. The van der Waals surface area contributed by atoms with Crippen molar-refractivity contribution < 1.29 is 0 Å². The number of hydrogen-bond acceptors (Lipinski definition) is 2. The molecule has 0 radical (unpaired) electrons. The highest BCUT2D eigenvalue weighted by Crippen LogP contribution is 2.31. The number of thioether (sulfide) groups is 1. The van der Waals surface area contributed by atoms with Crippen molar-refractivity contribution in [2.75, 3.05) is 32.4 Å². The highest BCUT2D eigenvalue weighted by molar-refractivity contribution is 14.0. The third kappa shape index (κ3) is 5.69. The summed E-state index contributed by atoms with van der Waals surface area (Å²) < 4.78 is 0. The number of rotatable bonds is 4. The highest BCUT2D eigenvalue weighted by Gasteiger charge is 2.25. The van der Waals surface area contributed by atoms with Crippen LogP contribution in [-0.2, 0) is 0 Å². The monoisotopic (exact) mass is 397 g/mol. The number of aliphatic imine (C=N–C) groups is 1. The Balaban J connectivity index is 0.00000180. The lowest BCUT2D eigenvalue weighted by molar-refractivity contribution is 0.380. The van der Waals surface area contributed by atoms with Crippen LogP contribution in [0.3, 0.4) is 0 Å². The summed E-state index contributed by atoms with van der Waals surface area (Å²) in [6.07, 6.45) is 4.20. The van der Waals surface area contributed by atoms with Crippen molar-refractivity contribution in [3.8, 4) is 0 Å². The predicted molar refractivity (Wildman–Crippen MR) is 96.8 cm³/mol. The standard InChI is InChI=1S/C14H27N3S.HI/c1-11(2)13-10-17(8-9-18-13)14(15-3)16-7-6-12-4-5-12;/h11-13H,4-10H2,1-3H3,(H,15,16);1H. The van der Waals surface area contributed by atoms with Crippen molar-refractivity contribution in [2.24, 2.45) is 16.8 Å². The zero-order valence-electron chi connectivity index (χ0n) is 12.4. The van der Waals surface area contributed by atoms with E-state index >= 15 is 0 Å². The molecule has 0 aromatic rings.